The average molecular weight is 814 g/mol. The predicted molar refractivity (Wildman–Crippen MR) is 260 cm³/mol. The molecule has 0 saturated carbocycles. The maximum absolute atomic E-state index is 11.6. The first-order valence-electron chi connectivity index (χ1n) is 24.0. The number of aryl methyl sites for hydroxylation is 2. The maximum Gasteiger partial charge on any atom is 0.149 e. The van der Waals surface area contributed by atoms with Crippen LogP contribution in [0.15, 0.2) is 170 Å². The van der Waals surface area contributed by atoms with E-state index in [0.717, 1.165) is 61.3 Å². The SMILES string of the molecule is [2H]C([2H])([2H])c1ccc(-c2ccnc(-c3cc(-c4cccc5c4nc(-c4ccccc4O)n5-c4cc(C([2H])([2H])[2H])c(-c5ccccc5)cc4-c4ccc(C(C)(C)C)cc4)cc(C(C)(C)C)c3)c2)cc1. The van der Waals surface area contributed by atoms with E-state index in [2.05, 4.69) is 90.1 Å². The minimum atomic E-state index is -2.48. The molecule has 1 N–H and O–H groups in total. The number of para-hydroxylation sites is 2. The van der Waals surface area contributed by atoms with Crippen LogP contribution < -0.4 is 0 Å². The second kappa shape index (κ2) is 15.8. The molecule has 0 saturated heterocycles. The molecule has 0 atom stereocenters. The summed E-state index contributed by atoms with van der Waals surface area (Å²) >= 11 is 0. The average Bonchev–Trinajstić information content (AvgIpc) is 3.70. The van der Waals surface area contributed by atoms with Crippen LogP contribution in [0.3, 0.4) is 0 Å². The van der Waals surface area contributed by atoms with Crippen LogP contribution in [0, 0.1) is 13.7 Å². The Bertz CT molecular complexity index is 3320. The molecular weight excluding hydrogens is 755 g/mol. The second-order valence-corrected chi connectivity index (χ2v) is 18.1. The summed E-state index contributed by atoms with van der Waals surface area (Å²) in [5, 5.41) is 11.6. The zero-order valence-electron chi connectivity index (χ0n) is 42.0. The molecule has 62 heavy (non-hydrogen) atoms. The third-order valence-electron chi connectivity index (χ3n) is 11.7. The van der Waals surface area contributed by atoms with E-state index in [1.807, 2.05) is 89.5 Å². The van der Waals surface area contributed by atoms with Gasteiger partial charge in [0.15, 0.2) is 0 Å². The van der Waals surface area contributed by atoms with E-state index < -0.39 is 13.7 Å². The largest absolute Gasteiger partial charge is 0.507 e. The Balaban J connectivity index is 1.31. The summed E-state index contributed by atoms with van der Waals surface area (Å²) in [5.41, 5.74) is 13.1. The highest BCUT2D eigenvalue weighted by molar-refractivity contribution is 5.98. The van der Waals surface area contributed by atoms with Crippen molar-refractivity contribution in [1.82, 2.24) is 14.5 Å². The van der Waals surface area contributed by atoms with Crippen LogP contribution in [0.2, 0.25) is 0 Å². The fraction of sp³-hybridized carbons (Fsp3) is 0.172. The highest BCUT2D eigenvalue weighted by Crippen LogP contribution is 2.43. The Morgan fingerprint density at radius 3 is 1.89 bits per heavy atom. The van der Waals surface area contributed by atoms with Crippen LogP contribution in [0.1, 0.15) is 72.0 Å². The lowest BCUT2D eigenvalue weighted by Crippen LogP contribution is -2.11. The van der Waals surface area contributed by atoms with Gasteiger partial charge in [-0.2, -0.15) is 0 Å². The molecule has 0 spiro atoms. The van der Waals surface area contributed by atoms with Gasteiger partial charge < -0.3 is 5.11 Å². The van der Waals surface area contributed by atoms with Crippen molar-refractivity contribution in [2.75, 3.05) is 0 Å². The Kier molecular flexibility index (Phi) is 8.56. The summed E-state index contributed by atoms with van der Waals surface area (Å²) in [6.07, 6.45) is 1.78. The first kappa shape index (κ1) is 33.7. The van der Waals surface area contributed by atoms with Crippen molar-refractivity contribution in [2.45, 2.75) is 66.1 Å². The highest BCUT2D eigenvalue weighted by atomic mass is 16.3. The second-order valence-electron chi connectivity index (χ2n) is 18.1. The number of hydrogen-bond acceptors (Lipinski definition) is 3. The summed E-state index contributed by atoms with van der Waals surface area (Å²) in [6.45, 7) is 8.39. The number of nitrogens with zero attached hydrogens (tertiary/aromatic N) is 3. The Morgan fingerprint density at radius 2 is 1.18 bits per heavy atom. The van der Waals surface area contributed by atoms with E-state index >= 15 is 0 Å². The van der Waals surface area contributed by atoms with Crippen LogP contribution in [-0.4, -0.2) is 19.6 Å². The summed E-state index contributed by atoms with van der Waals surface area (Å²) in [7, 11) is 0. The van der Waals surface area contributed by atoms with E-state index in [0.29, 0.717) is 28.2 Å². The molecule has 0 aliphatic carbocycles. The molecule has 2 heterocycles. The number of benzene rings is 7. The molecule has 2 aromatic heterocycles. The van der Waals surface area contributed by atoms with Crippen LogP contribution in [-0.2, 0) is 10.8 Å². The van der Waals surface area contributed by atoms with Gasteiger partial charge in [-0.1, -0.05) is 156 Å². The zero-order chi connectivity index (χ0) is 48.3. The maximum atomic E-state index is 11.6. The molecule has 0 fully saturated rings. The van der Waals surface area contributed by atoms with Crippen molar-refractivity contribution in [1.29, 1.82) is 0 Å². The number of phenolic OH excluding ortho intramolecular Hbond substituents is 1. The van der Waals surface area contributed by atoms with E-state index in [1.165, 1.54) is 5.56 Å². The molecule has 0 aliphatic rings. The molecule has 0 bridgehead atoms. The van der Waals surface area contributed by atoms with E-state index in [1.54, 1.807) is 36.5 Å². The predicted octanol–water partition coefficient (Wildman–Crippen LogP) is 15.3. The lowest BCUT2D eigenvalue weighted by molar-refractivity contribution is 0.477. The van der Waals surface area contributed by atoms with Gasteiger partial charge in [0.2, 0.25) is 0 Å². The highest BCUT2D eigenvalue weighted by Gasteiger charge is 2.25. The van der Waals surface area contributed by atoms with Crippen molar-refractivity contribution in [3.05, 3.63) is 192 Å². The number of pyridine rings is 1. The fourth-order valence-corrected chi connectivity index (χ4v) is 8.22. The van der Waals surface area contributed by atoms with Gasteiger partial charge in [0.05, 0.1) is 28.0 Å². The molecule has 306 valence electrons. The molecule has 0 aliphatic heterocycles. The Hall–Kier alpha value is -7.04. The van der Waals surface area contributed by atoms with Gasteiger partial charge in [-0.3, -0.25) is 9.55 Å². The molecular formula is C58H53N3O. The minimum Gasteiger partial charge on any atom is -0.507 e. The van der Waals surface area contributed by atoms with Crippen molar-refractivity contribution < 1.29 is 13.3 Å². The van der Waals surface area contributed by atoms with Crippen molar-refractivity contribution in [3.63, 3.8) is 0 Å². The van der Waals surface area contributed by atoms with Crippen molar-refractivity contribution >= 4 is 11.0 Å². The number of imidazole rings is 1. The normalized spacial score (nSPS) is 13.8. The lowest BCUT2D eigenvalue weighted by atomic mass is 9.83. The topological polar surface area (TPSA) is 50.9 Å². The van der Waals surface area contributed by atoms with E-state index in [-0.39, 0.29) is 27.7 Å². The van der Waals surface area contributed by atoms with Crippen molar-refractivity contribution in [3.8, 4) is 78.6 Å². The molecule has 0 amide bonds. The first-order chi connectivity index (χ1) is 32.1. The standard InChI is InChI=1S/C58H53N3O/c1-37-21-23-39(24-22-37)42-29-30-59-51(35-42)44-32-43(33-46(34-44)58(6,7)8)47-18-14-19-52-55(47)60-56(48-17-12-13-20-54(48)62)61(52)53-31-38(2)49(40-15-10-9-11-16-40)36-50(53)41-25-27-45(28-26-41)57(3,4)5/h9-36,62H,1-8H3/i1D3,2D3. The fourth-order valence-electron chi connectivity index (χ4n) is 8.22. The van der Waals surface area contributed by atoms with Crippen LogP contribution in [0.4, 0.5) is 0 Å². The Labute approximate surface area is 374 Å². The van der Waals surface area contributed by atoms with Crippen LogP contribution in [0.5, 0.6) is 5.75 Å². The van der Waals surface area contributed by atoms with Gasteiger partial charge in [0.25, 0.3) is 0 Å². The molecule has 9 rings (SSSR count). The minimum absolute atomic E-state index is 0.0367. The Morgan fingerprint density at radius 1 is 0.500 bits per heavy atom. The molecule has 9 aromatic rings. The number of aromatic nitrogens is 3. The van der Waals surface area contributed by atoms with Gasteiger partial charge in [-0.15, -0.1) is 0 Å². The van der Waals surface area contributed by atoms with Crippen LogP contribution >= 0.6 is 0 Å². The molecule has 0 unspecified atom stereocenters. The van der Waals surface area contributed by atoms with E-state index in [4.69, 9.17) is 18.2 Å². The summed E-state index contributed by atoms with van der Waals surface area (Å²) in [4.78, 5) is 10.3. The molecule has 4 heteroatoms. The number of hydrogen-bond donors (Lipinski definition) is 1. The number of rotatable bonds is 7. The zero-order valence-corrected chi connectivity index (χ0v) is 36.0. The third kappa shape index (κ3) is 7.74. The summed E-state index contributed by atoms with van der Waals surface area (Å²) in [6, 6.07) is 52.4. The smallest absolute Gasteiger partial charge is 0.149 e. The number of aromatic hydroxyl groups is 1. The molecule has 7 aromatic carbocycles. The van der Waals surface area contributed by atoms with Gasteiger partial charge in [-0.25, -0.2) is 4.98 Å². The van der Waals surface area contributed by atoms with Gasteiger partial charge >= 0.3 is 0 Å². The van der Waals surface area contributed by atoms with E-state index in [9.17, 15) is 5.11 Å². The number of fused-ring (bicyclic) bond motifs is 1. The third-order valence-corrected chi connectivity index (χ3v) is 11.7. The monoisotopic (exact) mass is 813 g/mol. The van der Waals surface area contributed by atoms with Gasteiger partial charge in [0, 0.05) is 31.1 Å². The molecule has 4 nitrogen and oxygen atoms in total. The quantitative estimate of drug-likeness (QED) is 0.174. The van der Waals surface area contributed by atoms with Gasteiger partial charge in [0.1, 0.15) is 11.6 Å². The first-order valence-corrected chi connectivity index (χ1v) is 21.0. The molecule has 0 radical (unpaired) electrons. The number of phenols is 1. The lowest BCUT2D eigenvalue weighted by Gasteiger charge is -2.22. The summed E-state index contributed by atoms with van der Waals surface area (Å²) < 4.78 is 52.3. The summed E-state index contributed by atoms with van der Waals surface area (Å²) in [5.74, 6) is 0.489. The van der Waals surface area contributed by atoms with Crippen LogP contribution in [0.25, 0.3) is 83.9 Å². The van der Waals surface area contributed by atoms with Gasteiger partial charge in [-0.05, 0) is 129 Å². The van der Waals surface area contributed by atoms with Crippen molar-refractivity contribution in [2.24, 2.45) is 0 Å².